The molecule has 0 bridgehead atoms. The molecule has 0 amide bonds. The molecule has 0 aromatic heterocycles. The standard InChI is InChI=1S/C14H18FNO3/c1-19-14(18)12-5-4-10(7-13(12)15)8-16-6-2-3-11(17)9-16/h4-5,7,11,17H,2-3,6,8-9H2,1H3. The molecule has 5 heteroatoms. The molecule has 104 valence electrons. The Labute approximate surface area is 111 Å². The molecule has 0 saturated carbocycles. The Hall–Kier alpha value is -1.46. The number of nitrogens with zero attached hydrogens (tertiary/aromatic N) is 1. The molecule has 0 spiro atoms. The van der Waals surface area contributed by atoms with E-state index in [2.05, 4.69) is 9.64 Å². The van der Waals surface area contributed by atoms with Gasteiger partial charge in [0.25, 0.3) is 0 Å². The molecule has 2 rings (SSSR count). The van der Waals surface area contributed by atoms with Gasteiger partial charge in [0.1, 0.15) is 5.82 Å². The lowest BCUT2D eigenvalue weighted by atomic mass is 10.1. The Morgan fingerprint density at radius 1 is 1.58 bits per heavy atom. The zero-order valence-corrected chi connectivity index (χ0v) is 10.9. The van der Waals surface area contributed by atoms with E-state index in [-0.39, 0.29) is 11.7 Å². The Morgan fingerprint density at radius 3 is 3.00 bits per heavy atom. The van der Waals surface area contributed by atoms with Gasteiger partial charge >= 0.3 is 5.97 Å². The number of aliphatic hydroxyl groups is 1. The third kappa shape index (κ3) is 3.52. The zero-order chi connectivity index (χ0) is 13.8. The number of aliphatic hydroxyl groups excluding tert-OH is 1. The lowest BCUT2D eigenvalue weighted by Crippen LogP contribution is -2.37. The number of piperidine rings is 1. The van der Waals surface area contributed by atoms with Gasteiger partial charge in [0.15, 0.2) is 0 Å². The maximum Gasteiger partial charge on any atom is 0.340 e. The molecule has 1 saturated heterocycles. The van der Waals surface area contributed by atoms with Gasteiger partial charge in [-0.05, 0) is 37.1 Å². The summed E-state index contributed by atoms with van der Waals surface area (Å²) in [5.41, 5.74) is 0.740. The van der Waals surface area contributed by atoms with Gasteiger partial charge in [-0.2, -0.15) is 0 Å². The van der Waals surface area contributed by atoms with E-state index < -0.39 is 11.8 Å². The smallest absolute Gasteiger partial charge is 0.340 e. The number of carbonyl (C=O) groups is 1. The molecule has 1 heterocycles. The third-order valence-corrected chi connectivity index (χ3v) is 3.33. The van der Waals surface area contributed by atoms with Crippen molar-refractivity contribution in [2.24, 2.45) is 0 Å². The summed E-state index contributed by atoms with van der Waals surface area (Å²) in [5.74, 6) is -1.24. The molecule has 1 aliphatic rings. The second-order valence-corrected chi connectivity index (χ2v) is 4.84. The van der Waals surface area contributed by atoms with Crippen molar-refractivity contribution in [3.05, 3.63) is 35.1 Å². The second-order valence-electron chi connectivity index (χ2n) is 4.84. The van der Waals surface area contributed by atoms with E-state index in [4.69, 9.17) is 0 Å². The van der Waals surface area contributed by atoms with E-state index in [1.165, 1.54) is 19.2 Å². The highest BCUT2D eigenvalue weighted by atomic mass is 19.1. The molecule has 1 aromatic rings. The number of hydrogen-bond donors (Lipinski definition) is 1. The number of ether oxygens (including phenoxy) is 1. The minimum atomic E-state index is -0.669. The van der Waals surface area contributed by atoms with Crippen LogP contribution in [0.5, 0.6) is 0 Å². The van der Waals surface area contributed by atoms with Crippen molar-refractivity contribution >= 4 is 5.97 Å². The van der Waals surface area contributed by atoms with Gasteiger partial charge in [0, 0.05) is 13.1 Å². The Bertz CT molecular complexity index is 464. The van der Waals surface area contributed by atoms with Crippen LogP contribution in [-0.2, 0) is 11.3 Å². The summed E-state index contributed by atoms with van der Waals surface area (Å²) in [6, 6.07) is 4.51. The number of methoxy groups -OCH3 is 1. The molecule has 1 aliphatic heterocycles. The highest BCUT2D eigenvalue weighted by molar-refractivity contribution is 5.89. The lowest BCUT2D eigenvalue weighted by Gasteiger charge is -2.29. The van der Waals surface area contributed by atoms with Gasteiger partial charge in [-0.1, -0.05) is 6.07 Å². The normalized spacial score (nSPS) is 20.3. The first-order valence-corrected chi connectivity index (χ1v) is 6.37. The van der Waals surface area contributed by atoms with Crippen LogP contribution < -0.4 is 0 Å². The fraction of sp³-hybridized carbons (Fsp3) is 0.500. The second kappa shape index (κ2) is 6.12. The minimum absolute atomic E-state index is 0.0510. The summed E-state index contributed by atoms with van der Waals surface area (Å²) in [5, 5.41) is 9.58. The van der Waals surface area contributed by atoms with E-state index in [1.807, 2.05) is 0 Å². The molecule has 1 fully saturated rings. The van der Waals surface area contributed by atoms with Crippen LogP contribution >= 0.6 is 0 Å². The maximum absolute atomic E-state index is 13.7. The van der Waals surface area contributed by atoms with Crippen molar-refractivity contribution in [2.75, 3.05) is 20.2 Å². The van der Waals surface area contributed by atoms with Crippen LogP contribution in [-0.4, -0.2) is 42.3 Å². The van der Waals surface area contributed by atoms with E-state index in [0.717, 1.165) is 24.9 Å². The van der Waals surface area contributed by atoms with Crippen molar-refractivity contribution in [1.29, 1.82) is 0 Å². The summed E-state index contributed by atoms with van der Waals surface area (Å²) < 4.78 is 18.2. The SMILES string of the molecule is COC(=O)c1ccc(CN2CCCC(O)C2)cc1F. The third-order valence-electron chi connectivity index (χ3n) is 3.33. The van der Waals surface area contributed by atoms with Crippen LogP contribution in [0.1, 0.15) is 28.8 Å². The van der Waals surface area contributed by atoms with Gasteiger partial charge in [-0.25, -0.2) is 9.18 Å². The summed E-state index contributed by atoms with van der Waals surface area (Å²) >= 11 is 0. The van der Waals surface area contributed by atoms with Crippen LogP contribution in [0.15, 0.2) is 18.2 Å². The van der Waals surface area contributed by atoms with Crippen LogP contribution in [0.3, 0.4) is 0 Å². The van der Waals surface area contributed by atoms with E-state index in [1.54, 1.807) is 6.07 Å². The van der Waals surface area contributed by atoms with E-state index in [9.17, 15) is 14.3 Å². The molecular weight excluding hydrogens is 249 g/mol. The number of likely N-dealkylation sites (tertiary alicyclic amines) is 1. The number of esters is 1. The average Bonchev–Trinajstić information content (AvgIpc) is 2.38. The topological polar surface area (TPSA) is 49.8 Å². The molecule has 19 heavy (non-hydrogen) atoms. The number of carbonyl (C=O) groups excluding carboxylic acids is 1. The summed E-state index contributed by atoms with van der Waals surface area (Å²) in [7, 11) is 1.23. The number of β-amino-alcohol motifs (C(OH)–C–C–N with tert-alkyl or cyclic N) is 1. The number of halogens is 1. The number of benzene rings is 1. The highest BCUT2D eigenvalue weighted by Crippen LogP contribution is 2.16. The van der Waals surface area contributed by atoms with Gasteiger partial charge < -0.3 is 9.84 Å². The predicted molar refractivity (Wildman–Crippen MR) is 68.3 cm³/mol. The quantitative estimate of drug-likeness (QED) is 0.845. The van der Waals surface area contributed by atoms with Gasteiger partial charge in [0.2, 0.25) is 0 Å². The molecule has 4 nitrogen and oxygen atoms in total. The molecule has 0 aliphatic carbocycles. The first-order valence-electron chi connectivity index (χ1n) is 6.37. The van der Waals surface area contributed by atoms with Gasteiger partial charge in [0.05, 0.1) is 18.8 Å². The Balaban J connectivity index is 2.05. The molecule has 1 unspecified atom stereocenters. The summed E-state index contributed by atoms with van der Waals surface area (Å²) in [4.78, 5) is 13.4. The first kappa shape index (κ1) is 14.0. The predicted octanol–water partition coefficient (Wildman–Crippen LogP) is 1.57. The van der Waals surface area contributed by atoms with Crippen molar-refractivity contribution in [1.82, 2.24) is 4.90 Å². The number of hydrogen-bond acceptors (Lipinski definition) is 4. The summed E-state index contributed by atoms with van der Waals surface area (Å²) in [6.07, 6.45) is 1.48. The van der Waals surface area contributed by atoms with E-state index in [0.29, 0.717) is 13.1 Å². The largest absolute Gasteiger partial charge is 0.465 e. The van der Waals surface area contributed by atoms with Crippen molar-refractivity contribution < 1.29 is 19.0 Å². The van der Waals surface area contributed by atoms with Crippen LogP contribution in [0.4, 0.5) is 4.39 Å². The summed E-state index contributed by atoms with van der Waals surface area (Å²) in [6.45, 7) is 2.09. The lowest BCUT2D eigenvalue weighted by molar-refractivity contribution is 0.0595. The van der Waals surface area contributed by atoms with Gasteiger partial charge in [-0.3, -0.25) is 4.90 Å². The first-order chi connectivity index (χ1) is 9.10. The van der Waals surface area contributed by atoms with Crippen LogP contribution in [0, 0.1) is 5.82 Å². The van der Waals surface area contributed by atoms with Crippen LogP contribution in [0.2, 0.25) is 0 Å². The average molecular weight is 267 g/mol. The highest BCUT2D eigenvalue weighted by Gasteiger charge is 2.18. The molecular formula is C14H18FNO3. The van der Waals surface area contributed by atoms with Gasteiger partial charge in [-0.15, -0.1) is 0 Å². The Morgan fingerprint density at radius 2 is 2.37 bits per heavy atom. The Kier molecular flexibility index (Phi) is 4.50. The minimum Gasteiger partial charge on any atom is -0.465 e. The number of rotatable bonds is 3. The molecule has 1 N–H and O–H groups in total. The fourth-order valence-electron chi connectivity index (χ4n) is 2.37. The van der Waals surface area contributed by atoms with Crippen molar-refractivity contribution in [3.8, 4) is 0 Å². The molecule has 1 atom stereocenters. The van der Waals surface area contributed by atoms with Crippen LogP contribution in [0.25, 0.3) is 0 Å². The zero-order valence-electron chi connectivity index (χ0n) is 10.9. The van der Waals surface area contributed by atoms with Crippen molar-refractivity contribution in [2.45, 2.75) is 25.5 Å². The monoisotopic (exact) mass is 267 g/mol. The van der Waals surface area contributed by atoms with Crippen molar-refractivity contribution in [3.63, 3.8) is 0 Å². The molecule has 1 aromatic carbocycles. The molecule has 0 radical (unpaired) electrons. The fourth-order valence-corrected chi connectivity index (χ4v) is 2.37. The van der Waals surface area contributed by atoms with E-state index >= 15 is 0 Å². The maximum atomic E-state index is 13.7.